The second kappa shape index (κ2) is 5.42. The summed E-state index contributed by atoms with van der Waals surface area (Å²) >= 11 is 0. The van der Waals surface area contributed by atoms with Gasteiger partial charge in [-0.1, -0.05) is 24.3 Å². The molecule has 115 valence electrons. The average molecular weight is 314 g/mol. The van der Waals surface area contributed by atoms with Crippen LogP contribution in [0.5, 0.6) is 11.5 Å². The molecule has 0 saturated carbocycles. The van der Waals surface area contributed by atoms with Crippen molar-refractivity contribution in [2.24, 2.45) is 0 Å². The Bertz CT molecular complexity index is 992. The lowest BCUT2D eigenvalue weighted by molar-refractivity contribution is 0.0977. The third-order valence-electron chi connectivity index (χ3n) is 4.02. The van der Waals surface area contributed by atoms with Crippen molar-refractivity contribution in [1.82, 2.24) is 4.98 Å². The number of pyridine rings is 1. The molecule has 0 spiro atoms. The van der Waals surface area contributed by atoms with Gasteiger partial charge in [-0.25, -0.2) is 0 Å². The van der Waals surface area contributed by atoms with Crippen LogP contribution in [0.3, 0.4) is 0 Å². The van der Waals surface area contributed by atoms with Crippen LogP contribution in [0.15, 0.2) is 54.7 Å². The van der Waals surface area contributed by atoms with Crippen LogP contribution in [0.1, 0.15) is 37.5 Å². The number of nitrogens with zero attached hydrogens (tertiary/aromatic N) is 1. The van der Waals surface area contributed by atoms with Crippen molar-refractivity contribution < 1.29 is 14.3 Å². The third kappa shape index (κ3) is 2.12. The molecule has 0 fully saturated rings. The Hall–Kier alpha value is -3.27. The maximum absolute atomic E-state index is 12.9. The van der Waals surface area contributed by atoms with E-state index in [4.69, 9.17) is 4.74 Å². The van der Waals surface area contributed by atoms with Crippen molar-refractivity contribution in [1.29, 1.82) is 0 Å². The van der Waals surface area contributed by atoms with Crippen LogP contribution in [0, 0.1) is 13.0 Å². The first kappa shape index (κ1) is 14.3. The molecule has 0 bridgehead atoms. The van der Waals surface area contributed by atoms with Crippen LogP contribution in [-0.4, -0.2) is 16.6 Å². The largest absolute Gasteiger partial charge is 0.454 e. The van der Waals surface area contributed by atoms with Crippen molar-refractivity contribution in [3.63, 3.8) is 0 Å². The lowest BCUT2D eigenvalue weighted by Gasteiger charge is -2.20. The maximum atomic E-state index is 12.9. The molecule has 1 aliphatic carbocycles. The minimum Gasteiger partial charge on any atom is -0.454 e. The first-order chi connectivity index (χ1) is 11.7. The van der Waals surface area contributed by atoms with Crippen LogP contribution in [0.2, 0.25) is 0 Å². The van der Waals surface area contributed by atoms with E-state index in [1.807, 2.05) is 6.92 Å². The van der Waals surface area contributed by atoms with Crippen molar-refractivity contribution in [3.8, 4) is 11.5 Å². The number of fused-ring (bicyclic) bond motifs is 2. The molecule has 0 unspecified atom stereocenters. The van der Waals surface area contributed by atoms with Crippen molar-refractivity contribution in [2.75, 3.05) is 0 Å². The quantitative estimate of drug-likeness (QED) is 0.565. The molecular weight excluding hydrogens is 302 g/mol. The van der Waals surface area contributed by atoms with Gasteiger partial charge in [-0.3, -0.25) is 14.6 Å². The summed E-state index contributed by atoms with van der Waals surface area (Å²) in [5.41, 5.74) is 2.10. The summed E-state index contributed by atoms with van der Waals surface area (Å²) in [4.78, 5) is 29.7. The fourth-order valence-electron chi connectivity index (χ4n) is 2.82. The fourth-order valence-corrected chi connectivity index (χ4v) is 2.82. The highest BCUT2D eigenvalue weighted by Crippen LogP contribution is 2.35. The summed E-state index contributed by atoms with van der Waals surface area (Å²) in [6.07, 6.45) is 1.66. The van der Waals surface area contributed by atoms with E-state index in [0.717, 1.165) is 0 Å². The van der Waals surface area contributed by atoms with Gasteiger partial charge in [0.2, 0.25) is 0 Å². The smallest absolute Gasteiger partial charge is 0.198 e. The van der Waals surface area contributed by atoms with Crippen LogP contribution >= 0.6 is 0 Å². The fraction of sp³-hybridized carbons (Fsp3) is 0.0500. The number of carbonyl (C=O) groups is 2. The van der Waals surface area contributed by atoms with Gasteiger partial charge in [-0.05, 0) is 31.2 Å². The monoisotopic (exact) mass is 314 g/mol. The number of carbonyl (C=O) groups excluding carboxylic acids is 2. The van der Waals surface area contributed by atoms with Crippen molar-refractivity contribution in [3.05, 3.63) is 88.7 Å². The molecule has 1 heterocycles. The van der Waals surface area contributed by atoms with E-state index in [9.17, 15) is 9.59 Å². The highest BCUT2D eigenvalue weighted by Gasteiger charge is 2.32. The summed E-state index contributed by atoms with van der Waals surface area (Å²) < 4.78 is 5.85. The van der Waals surface area contributed by atoms with E-state index in [2.05, 4.69) is 11.1 Å². The van der Waals surface area contributed by atoms with Gasteiger partial charge < -0.3 is 4.74 Å². The molecule has 2 aromatic carbocycles. The van der Waals surface area contributed by atoms with Crippen LogP contribution < -0.4 is 4.74 Å². The molecule has 24 heavy (non-hydrogen) atoms. The molecule has 1 aliphatic rings. The normalized spacial score (nSPS) is 12.5. The SMILES string of the molecule is Cc1ncccc1Oc1[c]ccc2c1C(=O)c1ccccc1C2=O. The minimum atomic E-state index is -0.228. The summed E-state index contributed by atoms with van der Waals surface area (Å²) in [6, 6.07) is 16.5. The molecule has 1 radical (unpaired) electrons. The summed E-state index contributed by atoms with van der Waals surface area (Å²) in [5, 5.41) is 0. The van der Waals surface area contributed by atoms with Gasteiger partial charge in [0, 0.05) is 29.0 Å². The summed E-state index contributed by atoms with van der Waals surface area (Å²) in [7, 11) is 0. The molecule has 0 amide bonds. The topological polar surface area (TPSA) is 56.3 Å². The minimum absolute atomic E-state index is 0.179. The highest BCUT2D eigenvalue weighted by atomic mass is 16.5. The predicted molar refractivity (Wildman–Crippen MR) is 87.6 cm³/mol. The first-order valence-electron chi connectivity index (χ1n) is 7.49. The van der Waals surface area contributed by atoms with E-state index in [1.54, 1.807) is 54.7 Å². The Morgan fingerprint density at radius 1 is 0.917 bits per heavy atom. The molecule has 4 rings (SSSR count). The number of benzene rings is 2. The van der Waals surface area contributed by atoms with E-state index >= 15 is 0 Å². The number of ketones is 2. The van der Waals surface area contributed by atoms with Crippen LogP contribution in [-0.2, 0) is 0 Å². The Balaban J connectivity index is 1.87. The van der Waals surface area contributed by atoms with E-state index in [0.29, 0.717) is 28.1 Å². The lowest BCUT2D eigenvalue weighted by Crippen LogP contribution is -2.21. The number of aromatic nitrogens is 1. The Labute approximate surface area is 138 Å². The van der Waals surface area contributed by atoms with Crippen LogP contribution in [0.4, 0.5) is 0 Å². The predicted octanol–water partition coefficient (Wildman–Crippen LogP) is 3.76. The van der Waals surface area contributed by atoms with E-state index in [-0.39, 0.29) is 22.9 Å². The molecule has 4 heteroatoms. The first-order valence-corrected chi connectivity index (χ1v) is 7.49. The molecule has 0 N–H and O–H groups in total. The standard InChI is InChI=1S/C20H12NO3/c1-12-16(10-5-11-21-12)24-17-9-4-8-15-18(17)20(23)14-7-3-2-6-13(14)19(15)22/h2-8,10-11H,1H3. The number of rotatable bonds is 2. The van der Waals surface area contributed by atoms with Crippen molar-refractivity contribution >= 4 is 11.6 Å². The number of hydrogen-bond acceptors (Lipinski definition) is 4. The zero-order chi connectivity index (χ0) is 16.7. The molecule has 0 aliphatic heterocycles. The Kier molecular flexibility index (Phi) is 3.24. The molecule has 1 aromatic heterocycles. The Morgan fingerprint density at radius 3 is 2.42 bits per heavy atom. The maximum Gasteiger partial charge on any atom is 0.198 e. The molecule has 3 aromatic rings. The average Bonchev–Trinajstić information content (AvgIpc) is 2.61. The van der Waals surface area contributed by atoms with Gasteiger partial charge in [0.25, 0.3) is 0 Å². The third-order valence-corrected chi connectivity index (χ3v) is 4.02. The number of aryl methyl sites for hydroxylation is 1. The lowest BCUT2D eigenvalue weighted by atomic mass is 9.83. The van der Waals surface area contributed by atoms with Gasteiger partial charge in [0.15, 0.2) is 11.6 Å². The van der Waals surface area contributed by atoms with Crippen LogP contribution in [0.25, 0.3) is 0 Å². The van der Waals surface area contributed by atoms with Gasteiger partial charge >= 0.3 is 0 Å². The molecule has 0 atom stereocenters. The molecule has 0 saturated heterocycles. The van der Waals surface area contributed by atoms with Gasteiger partial charge in [0.1, 0.15) is 11.5 Å². The van der Waals surface area contributed by atoms with E-state index < -0.39 is 0 Å². The number of ether oxygens (including phenoxy) is 1. The Morgan fingerprint density at radius 2 is 1.67 bits per heavy atom. The summed E-state index contributed by atoms with van der Waals surface area (Å²) in [5.74, 6) is 0.369. The van der Waals surface area contributed by atoms with E-state index in [1.165, 1.54) is 0 Å². The van der Waals surface area contributed by atoms with Gasteiger partial charge in [-0.2, -0.15) is 0 Å². The highest BCUT2D eigenvalue weighted by molar-refractivity contribution is 6.29. The van der Waals surface area contributed by atoms with Crippen molar-refractivity contribution in [2.45, 2.75) is 6.92 Å². The number of hydrogen-bond donors (Lipinski definition) is 0. The van der Waals surface area contributed by atoms with Gasteiger partial charge in [-0.15, -0.1) is 0 Å². The zero-order valence-electron chi connectivity index (χ0n) is 12.9. The summed E-state index contributed by atoms with van der Waals surface area (Å²) in [6.45, 7) is 1.81. The molecular formula is C20H12NO3. The molecule has 4 nitrogen and oxygen atoms in total. The second-order valence-electron chi connectivity index (χ2n) is 5.49. The van der Waals surface area contributed by atoms with Gasteiger partial charge in [0.05, 0.1) is 11.3 Å². The zero-order valence-corrected chi connectivity index (χ0v) is 12.9. The second-order valence-corrected chi connectivity index (χ2v) is 5.49.